The maximum Gasteiger partial charge on any atom is 0.191 e. The zero-order chi connectivity index (χ0) is 16.8. The first-order chi connectivity index (χ1) is 11.3. The van der Waals surface area contributed by atoms with E-state index in [0.29, 0.717) is 6.61 Å². The fourth-order valence-electron chi connectivity index (χ4n) is 2.19. The second kappa shape index (κ2) is 12.8. The minimum atomic E-state index is 0.711. The number of hydrogen-bond acceptors (Lipinski definition) is 3. The molecule has 130 valence electrons. The minimum absolute atomic E-state index is 0.711. The predicted molar refractivity (Wildman–Crippen MR) is 99.4 cm³/mol. The average molecular weight is 320 g/mol. The van der Waals surface area contributed by atoms with E-state index in [9.17, 15) is 0 Å². The third-order valence-corrected chi connectivity index (χ3v) is 3.46. The fourth-order valence-corrected chi connectivity index (χ4v) is 2.19. The van der Waals surface area contributed by atoms with Crippen molar-refractivity contribution in [2.24, 2.45) is 4.99 Å². The molecule has 0 aliphatic heterocycles. The maximum atomic E-state index is 5.32. The van der Waals surface area contributed by atoms with Crippen LogP contribution in [0.1, 0.15) is 26.7 Å². The lowest BCUT2D eigenvalue weighted by molar-refractivity contribution is 0.152. The number of rotatable bonds is 11. The van der Waals surface area contributed by atoms with E-state index in [-0.39, 0.29) is 0 Å². The van der Waals surface area contributed by atoms with E-state index in [4.69, 9.17) is 4.74 Å². The molecule has 0 heterocycles. The van der Waals surface area contributed by atoms with E-state index in [1.165, 1.54) is 5.69 Å². The summed E-state index contributed by atoms with van der Waals surface area (Å²) < 4.78 is 5.32. The summed E-state index contributed by atoms with van der Waals surface area (Å²) in [6, 6.07) is 10.5. The molecule has 0 radical (unpaired) electrons. The second-order valence-corrected chi connectivity index (χ2v) is 5.35. The standard InChI is InChI=1S/C18H32N4O/c1-4-19-18(21-14-16-23-5-2)20-13-9-10-15-22(3)17-11-7-6-8-12-17/h6-8,11-12H,4-5,9-10,13-16H2,1-3H3,(H2,19,20,21). The molecule has 23 heavy (non-hydrogen) atoms. The molecule has 0 fully saturated rings. The van der Waals surface area contributed by atoms with Crippen LogP contribution in [0, 0.1) is 0 Å². The van der Waals surface area contributed by atoms with Crippen LogP contribution in [0.4, 0.5) is 5.69 Å². The summed E-state index contributed by atoms with van der Waals surface area (Å²) in [4.78, 5) is 6.89. The van der Waals surface area contributed by atoms with Crippen LogP contribution in [-0.4, -0.2) is 52.4 Å². The molecule has 0 aliphatic rings. The molecular weight excluding hydrogens is 288 g/mol. The molecule has 1 aromatic rings. The summed E-state index contributed by atoms with van der Waals surface area (Å²) in [6.07, 6.45) is 2.21. The number of anilines is 1. The SMILES string of the molecule is CCNC(=NCCCCN(C)c1ccccc1)NCCOCC. The predicted octanol–water partition coefficient (Wildman–Crippen LogP) is 2.49. The zero-order valence-electron chi connectivity index (χ0n) is 14.8. The number of hydrogen-bond donors (Lipinski definition) is 2. The van der Waals surface area contributed by atoms with Gasteiger partial charge in [0.2, 0.25) is 0 Å². The molecule has 0 aliphatic carbocycles. The Morgan fingerprint density at radius 2 is 1.91 bits per heavy atom. The van der Waals surface area contributed by atoms with Crippen LogP contribution in [0.15, 0.2) is 35.3 Å². The molecule has 5 nitrogen and oxygen atoms in total. The molecule has 0 amide bonds. The highest BCUT2D eigenvalue weighted by Gasteiger charge is 2.00. The van der Waals surface area contributed by atoms with Gasteiger partial charge < -0.3 is 20.3 Å². The monoisotopic (exact) mass is 320 g/mol. The van der Waals surface area contributed by atoms with Crippen LogP contribution < -0.4 is 15.5 Å². The quantitative estimate of drug-likeness (QED) is 0.374. The van der Waals surface area contributed by atoms with Crippen LogP contribution >= 0.6 is 0 Å². The first-order valence-corrected chi connectivity index (χ1v) is 8.64. The average Bonchev–Trinajstić information content (AvgIpc) is 2.58. The van der Waals surface area contributed by atoms with Gasteiger partial charge in [-0.2, -0.15) is 0 Å². The summed E-state index contributed by atoms with van der Waals surface area (Å²) in [5.41, 5.74) is 1.27. The van der Waals surface area contributed by atoms with Crippen LogP contribution in [0.3, 0.4) is 0 Å². The van der Waals surface area contributed by atoms with Gasteiger partial charge in [-0.05, 0) is 38.8 Å². The van der Waals surface area contributed by atoms with Gasteiger partial charge in [0, 0.05) is 45.5 Å². The van der Waals surface area contributed by atoms with E-state index in [0.717, 1.165) is 51.6 Å². The summed E-state index contributed by atoms with van der Waals surface area (Å²) in [5, 5.41) is 6.54. The molecule has 0 bridgehead atoms. The van der Waals surface area contributed by atoms with Crippen molar-refractivity contribution in [2.75, 3.05) is 51.3 Å². The molecule has 0 saturated carbocycles. The third-order valence-electron chi connectivity index (χ3n) is 3.46. The molecule has 2 N–H and O–H groups in total. The number of benzene rings is 1. The highest BCUT2D eigenvalue weighted by atomic mass is 16.5. The van der Waals surface area contributed by atoms with Crippen molar-refractivity contribution < 1.29 is 4.74 Å². The first-order valence-electron chi connectivity index (χ1n) is 8.64. The van der Waals surface area contributed by atoms with Gasteiger partial charge in [-0.25, -0.2) is 0 Å². The van der Waals surface area contributed by atoms with E-state index >= 15 is 0 Å². The minimum Gasteiger partial charge on any atom is -0.380 e. The fraction of sp³-hybridized carbons (Fsp3) is 0.611. The number of nitrogens with zero attached hydrogens (tertiary/aromatic N) is 2. The summed E-state index contributed by atoms with van der Waals surface area (Å²) in [5.74, 6) is 0.878. The van der Waals surface area contributed by atoms with Crippen molar-refractivity contribution >= 4 is 11.6 Å². The molecule has 5 heteroatoms. The molecule has 0 saturated heterocycles. The Labute approximate surface area is 141 Å². The Kier molecular flexibility index (Phi) is 10.7. The van der Waals surface area contributed by atoms with E-state index in [1.807, 2.05) is 13.0 Å². The number of ether oxygens (including phenoxy) is 1. The maximum absolute atomic E-state index is 5.32. The van der Waals surface area contributed by atoms with E-state index < -0.39 is 0 Å². The molecule has 0 atom stereocenters. The lowest BCUT2D eigenvalue weighted by atomic mass is 10.2. The van der Waals surface area contributed by atoms with Gasteiger partial charge in [0.1, 0.15) is 0 Å². The molecule has 1 aromatic carbocycles. The van der Waals surface area contributed by atoms with Gasteiger partial charge in [-0.3, -0.25) is 4.99 Å². The van der Waals surface area contributed by atoms with Crippen LogP contribution in [-0.2, 0) is 4.74 Å². The van der Waals surface area contributed by atoms with Gasteiger partial charge in [0.25, 0.3) is 0 Å². The highest BCUT2D eigenvalue weighted by molar-refractivity contribution is 5.79. The Balaban J connectivity index is 2.21. The lowest BCUT2D eigenvalue weighted by Gasteiger charge is -2.18. The Morgan fingerprint density at radius 1 is 1.13 bits per heavy atom. The number of guanidine groups is 1. The summed E-state index contributed by atoms with van der Waals surface area (Å²) in [6.45, 7) is 9.10. The first kappa shape index (κ1) is 19.3. The van der Waals surface area contributed by atoms with Crippen molar-refractivity contribution in [1.29, 1.82) is 0 Å². The number of aliphatic imine (C=N–C) groups is 1. The third kappa shape index (κ3) is 9.08. The van der Waals surface area contributed by atoms with Crippen LogP contribution in [0.5, 0.6) is 0 Å². The van der Waals surface area contributed by atoms with Gasteiger partial charge in [-0.1, -0.05) is 18.2 Å². The van der Waals surface area contributed by atoms with Crippen molar-refractivity contribution in [3.63, 3.8) is 0 Å². The smallest absolute Gasteiger partial charge is 0.191 e. The second-order valence-electron chi connectivity index (χ2n) is 5.35. The van der Waals surface area contributed by atoms with Crippen LogP contribution in [0.2, 0.25) is 0 Å². The molecular formula is C18H32N4O. The van der Waals surface area contributed by atoms with Gasteiger partial charge in [-0.15, -0.1) is 0 Å². The largest absolute Gasteiger partial charge is 0.380 e. The van der Waals surface area contributed by atoms with Gasteiger partial charge in [0.15, 0.2) is 5.96 Å². The summed E-state index contributed by atoms with van der Waals surface area (Å²) >= 11 is 0. The van der Waals surface area contributed by atoms with E-state index in [1.54, 1.807) is 0 Å². The van der Waals surface area contributed by atoms with Gasteiger partial charge >= 0.3 is 0 Å². The molecule has 0 aromatic heterocycles. The summed E-state index contributed by atoms with van der Waals surface area (Å²) in [7, 11) is 2.14. The molecule has 1 rings (SSSR count). The number of para-hydroxylation sites is 1. The highest BCUT2D eigenvalue weighted by Crippen LogP contribution is 2.11. The molecule has 0 spiro atoms. The Bertz CT molecular complexity index is 422. The Hall–Kier alpha value is -1.75. The molecule has 0 unspecified atom stereocenters. The zero-order valence-corrected chi connectivity index (χ0v) is 14.8. The normalized spacial score (nSPS) is 11.3. The van der Waals surface area contributed by atoms with Crippen molar-refractivity contribution in [3.8, 4) is 0 Å². The Morgan fingerprint density at radius 3 is 2.61 bits per heavy atom. The number of nitrogens with one attached hydrogen (secondary N) is 2. The van der Waals surface area contributed by atoms with Crippen LogP contribution in [0.25, 0.3) is 0 Å². The number of unbranched alkanes of at least 4 members (excludes halogenated alkanes) is 1. The van der Waals surface area contributed by atoms with E-state index in [2.05, 4.69) is 58.8 Å². The van der Waals surface area contributed by atoms with Crippen molar-refractivity contribution in [1.82, 2.24) is 10.6 Å². The lowest BCUT2D eigenvalue weighted by Crippen LogP contribution is -2.39. The van der Waals surface area contributed by atoms with Crippen molar-refractivity contribution in [3.05, 3.63) is 30.3 Å². The van der Waals surface area contributed by atoms with Gasteiger partial charge in [0.05, 0.1) is 6.61 Å². The van der Waals surface area contributed by atoms with Crippen molar-refractivity contribution in [2.45, 2.75) is 26.7 Å². The topological polar surface area (TPSA) is 48.9 Å².